The topological polar surface area (TPSA) is 20.3 Å². The molecular weight excluding hydrogens is 303 g/mol. The van der Waals surface area contributed by atoms with E-state index >= 15 is 0 Å². The Labute approximate surface area is 135 Å². The molecule has 0 heterocycles. The lowest BCUT2D eigenvalue weighted by molar-refractivity contribution is -0.146. The summed E-state index contributed by atoms with van der Waals surface area (Å²) in [7, 11) is 0. The van der Waals surface area contributed by atoms with E-state index in [1.165, 1.54) is 30.7 Å². The van der Waals surface area contributed by atoms with Gasteiger partial charge in [0.1, 0.15) is 0 Å². The highest BCUT2D eigenvalue weighted by Crippen LogP contribution is 2.34. The van der Waals surface area contributed by atoms with Crippen molar-refractivity contribution in [2.75, 3.05) is 6.54 Å². The van der Waals surface area contributed by atoms with Crippen LogP contribution < -0.4 is 0 Å². The van der Waals surface area contributed by atoms with E-state index in [0.717, 1.165) is 32.6 Å². The van der Waals surface area contributed by atoms with Gasteiger partial charge in [0.25, 0.3) is 5.91 Å². The van der Waals surface area contributed by atoms with Crippen molar-refractivity contribution < 1.29 is 18.0 Å². The molecule has 23 heavy (non-hydrogen) atoms. The molecule has 128 valence electrons. The summed E-state index contributed by atoms with van der Waals surface area (Å²) >= 11 is 0. The van der Waals surface area contributed by atoms with E-state index in [1.807, 2.05) is 11.8 Å². The quantitative estimate of drug-likeness (QED) is 0.749. The van der Waals surface area contributed by atoms with Crippen LogP contribution in [-0.2, 0) is 0 Å². The van der Waals surface area contributed by atoms with Crippen molar-refractivity contribution in [3.8, 4) is 0 Å². The van der Waals surface area contributed by atoms with Crippen molar-refractivity contribution >= 4 is 5.91 Å². The fourth-order valence-corrected chi connectivity index (χ4v) is 3.23. The zero-order valence-electron chi connectivity index (χ0n) is 13.7. The minimum absolute atomic E-state index is 0.0781. The van der Waals surface area contributed by atoms with E-state index in [4.69, 9.17) is 0 Å². The van der Waals surface area contributed by atoms with Crippen molar-refractivity contribution in [2.24, 2.45) is 0 Å². The summed E-state index contributed by atoms with van der Waals surface area (Å²) in [5.41, 5.74) is 0.658. The number of nitrogens with zero attached hydrogens (tertiary/aromatic N) is 1. The van der Waals surface area contributed by atoms with Gasteiger partial charge in [-0.05, 0) is 44.4 Å². The normalized spacial score (nSPS) is 17.8. The van der Waals surface area contributed by atoms with Gasteiger partial charge in [0, 0.05) is 18.2 Å². The maximum Gasteiger partial charge on any atom is 0.395 e. The molecule has 0 aliphatic heterocycles. The highest BCUT2D eigenvalue weighted by Gasteiger charge is 2.37. The van der Waals surface area contributed by atoms with Gasteiger partial charge in [0.05, 0.1) is 5.92 Å². The van der Waals surface area contributed by atoms with Crippen LogP contribution in [0.3, 0.4) is 0 Å². The van der Waals surface area contributed by atoms with E-state index < -0.39 is 12.1 Å². The van der Waals surface area contributed by atoms with Gasteiger partial charge < -0.3 is 4.90 Å². The molecule has 1 atom stereocenters. The largest absolute Gasteiger partial charge is 0.395 e. The highest BCUT2D eigenvalue weighted by atomic mass is 19.4. The predicted octanol–water partition coefficient (Wildman–Crippen LogP) is 5.15. The predicted molar refractivity (Wildman–Crippen MR) is 84.5 cm³/mol. The van der Waals surface area contributed by atoms with Crippen LogP contribution in [0.1, 0.15) is 67.8 Å². The van der Waals surface area contributed by atoms with Crippen LogP contribution in [0.25, 0.3) is 0 Å². The van der Waals surface area contributed by atoms with Crippen molar-refractivity contribution in [1.82, 2.24) is 4.90 Å². The number of rotatable bonds is 4. The van der Waals surface area contributed by atoms with E-state index in [0.29, 0.717) is 12.1 Å². The minimum Gasteiger partial charge on any atom is -0.336 e. The number of carbonyl (C=O) groups is 1. The van der Waals surface area contributed by atoms with E-state index in [1.54, 1.807) is 0 Å². The first-order valence-corrected chi connectivity index (χ1v) is 8.32. The molecule has 1 amide bonds. The molecule has 0 N–H and O–H groups in total. The number of alkyl halides is 3. The summed E-state index contributed by atoms with van der Waals surface area (Å²) in [6.07, 6.45) is 1.26. The number of amides is 1. The average Bonchev–Trinajstić information content (AvgIpc) is 2.55. The maximum atomic E-state index is 12.7. The van der Waals surface area contributed by atoms with Crippen molar-refractivity contribution in [3.63, 3.8) is 0 Å². The van der Waals surface area contributed by atoms with E-state index in [2.05, 4.69) is 0 Å². The van der Waals surface area contributed by atoms with Crippen LogP contribution >= 0.6 is 0 Å². The van der Waals surface area contributed by atoms with Gasteiger partial charge in [-0.15, -0.1) is 0 Å². The number of hydrogen-bond donors (Lipinski definition) is 0. The van der Waals surface area contributed by atoms with Crippen molar-refractivity contribution in [3.05, 3.63) is 35.4 Å². The highest BCUT2D eigenvalue weighted by molar-refractivity contribution is 5.94. The fraction of sp³-hybridized carbons (Fsp3) is 0.611. The second kappa shape index (κ2) is 7.37. The Balaban J connectivity index is 2.12. The molecule has 0 aromatic heterocycles. The van der Waals surface area contributed by atoms with E-state index in [-0.39, 0.29) is 17.5 Å². The molecule has 2 nitrogen and oxygen atoms in total. The Kier molecular flexibility index (Phi) is 5.71. The molecule has 1 aliphatic rings. The summed E-state index contributed by atoms with van der Waals surface area (Å²) in [6, 6.07) is 6.13. The molecular formula is C18H24F3NO. The van der Waals surface area contributed by atoms with Crippen LogP contribution in [-0.4, -0.2) is 29.6 Å². The molecule has 1 aromatic rings. The molecule has 0 unspecified atom stereocenters. The number of halogens is 3. The number of carbonyl (C=O) groups excluding carboxylic acids is 1. The summed E-state index contributed by atoms with van der Waals surface area (Å²) in [4.78, 5) is 14.5. The lowest BCUT2D eigenvalue weighted by atomic mass is 9.93. The van der Waals surface area contributed by atoms with Crippen molar-refractivity contribution in [1.29, 1.82) is 0 Å². The first kappa shape index (κ1) is 17.8. The zero-order valence-corrected chi connectivity index (χ0v) is 13.7. The van der Waals surface area contributed by atoms with Gasteiger partial charge in [-0.1, -0.05) is 31.4 Å². The summed E-state index contributed by atoms with van der Waals surface area (Å²) in [5, 5.41) is 0. The molecule has 0 saturated heterocycles. The summed E-state index contributed by atoms with van der Waals surface area (Å²) < 4.78 is 38.2. The summed E-state index contributed by atoms with van der Waals surface area (Å²) in [6.45, 7) is 3.72. The lowest BCUT2D eigenvalue weighted by Gasteiger charge is -2.33. The third-order valence-electron chi connectivity index (χ3n) is 4.77. The third-order valence-corrected chi connectivity index (χ3v) is 4.77. The van der Waals surface area contributed by atoms with Gasteiger partial charge >= 0.3 is 6.18 Å². The zero-order chi connectivity index (χ0) is 17.0. The Morgan fingerprint density at radius 3 is 2.22 bits per heavy atom. The SMILES string of the molecule is CCN(C(=O)c1ccc([C@@H](C)C(F)(F)F)cc1)C1CCCCC1. The maximum absolute atomic E-state index is 12.7. The van der Waals surface area contributed by atoms with E-state index in [9.17, 15) is 18.0 Å². The van der Waals surface area contributed by atoms with Gasteiger partial charge in [0.15, 0.2) is 0 Å². The minimum atomic E-state index is -4.26. The van der Waals surface area contributed by atoms with Gasteiger partial charge in [-0.25, -0.2) is 0 Å². The number of benzene rings is 1. The second-order valence-corrected chi connectivity index (χ2v) is 6.27. The van der Waals surface area contributed by atoms with Crippen LogP contribution in [0, 0.1) is 0 Å². The van der Waals surface area contributed by atoms with Crippen LogP contribution in [0.2, 0.25) is 0 Å². The lowest BCUT2D eigenvalue weighted by Crippen LogP contribution is -2.41. The third kappa shape index (κ3) is 4.27. The first-order valence-electron chi connectivity index (χ1n) is 8.32. The van der Waals surface area contributed by atoms with Gasteiger partial charge in [-0.2, -0.15) is 13.2 Å². The van der Waals surface area contributed by atoms with Gasteiger partial charge in [-0.3, -0.25) is 4.79 Å². The first-order chi connectivity index (χ1) is 10.8. The monoisotopic (exact) mass is 327 g/mol. The number of hydrogen-bond acceptors (Lipinski definition) is 1. The molecule has 0 radical (unpaired) electrons. The Morgan fingerprint density at radius 1 is 1.17 bits per heavy atom. The van der Waals surface area contributed by atoms with Crippen LogP contribution in [0.4, 0.5) is 13.2 Å². The van der Waals surface area contributed by atoms with Crippen LogP contribution in [0.5, 0.6) is 0 Å². The molecule has 0 bridgehead atoms. The summed E-state index contributed by atoms with van der Waals surface area (Å²) in [5.74, 6) is -1.60. The van der Waals surface area contributed by atoms with Gasteiger partial charge in [0.2, 0.25) is 0 Å². The molecule has 1 aromatic carbocycles. The fourth-order valence-electron chi connectivity index (χ4n) is 3.23. The van der Waals surface area contributed by atoms with Crippen LogP contribution in [0.15, 0.2) is 24.3 Å². The standard InChI is InChI=1S/C18H24F3NO/c1-3-22(16-7-5-4-6-8-16)17(23)15-11-9-14(10-12-15)13(2)18(19,20)21/h9-13,16H,3-8H2,1-2H3/t13-/m1/s1. The Hall–Kier alpha value is -1.52. The Morgan fingerprint density at radius 2 is 1.74 bits per heavy atom. The molecule has 2 rings (SSSR count). The molecule has 1 fully saturated rings. The average molecular weight is 327 g/mol. The Bertz CT molecular complexity index is 518. The molecule has 5 heteroatoms. The molecule has 0 spiro atoms. The molecule has 1 aliphatic carbocycles. The van der Waals surface area contributed by atoms with Crippen molar-refractivity contribution in [2.45, 2.75) is 64.1 Å². The smallest absolute Gasteiger partial charge is 0.336 e. The molecule has 1 saturated carbocycles. The second-order valence-electron chi connectivity index (χ2n) is 6.27.